The Balaban J connectivity index is 0.000000343. The summed E-state index contributed by atoms with van der Waals surface area (Å²) in [6.45, 7) is 24.8. The molecule has 8 aromatic rings. The quantitative estimate of drug-likeness (QED) is 0.0310. The highest BCUT2D eigenvalue weighted by molar-refractivity contribution is 9.11. The average Bonchev–Trinajstić information content (AvgIpc) is 1.65. The van der Waals surface area contributed by atoms with Crippen LogP contribution in [0.3, 0.4) is 0 Å². The number of nitrogens with zero attached hydrogens (tertiary/aromatic N) is 11. The largest absolute Gasteiger partial charge is 0.480 e. The highest BCUT2D eigenvalue weighted by Crippen LogP contribution is 2.22. The van der Waals surface area contributed by atoms with Gasteiger partial charge in [0.2, 0.25) is 17.7 Å². The number of para-hydroxylation sites is 2. The summed E-state index contributed by atoms with van der Waals surface area (Å²) < 4.78 is 15.9. The predicted molar refractivity (Wildman–Crippen MR) is 417 cm³/mol. The molecule has 0 spiro atoms. The highest BCUT2D eigenvalue weighted by atomic mass is 79.9. The molecule has 572 valence electrons. The number of nitrogen functional groups attached to an aromatic ring is 1. The number of carbonyl (C=O) groups excluding carboxylic acids is 8. The van der Waals surface area contributed by atoms with Crippen LogP contribution in [0.1, 0.15) is 136 Å². The van der Waals surface area contributed by atoms with Crippen molar-refractivity contribution in [2.45, 2.75) is 159 Å². The van der Waals surface area contributed by atoms with Gasteiger partial charge in [0.05, 0.1) is 24.0 Å². The fourth-order valence-electron chi connectivity index (χ4n) is 8.81. The second-order valence-electron chi connectivity index (χ2n) is 26.4. The monoisotopic (exact) mass is 1720 g/mol. The number of aliphatic carboxylic acids is 2. The van der Waals surface area contributed by atoms with E-state index in [-0.39, 0.29) is 92.2 Å². The van der Waals surface area contributed by atoms with Gasteiger partial charge in [0.1, 0.15) is 73.2 Å². The van der Waals surface area contributed by atoms with Crippen LogP contribution in [0, 0.1) is 5.92 Å². The van der Waals surface area contributed by atoms with Crippen LogP contribution in [0.5, 0.6) is 0 Å². The van der Waals surface area contributed by atoms with E-state index in [9.17, 15) is 47.9 Å². The number of carboxylic acid groups (broad SMARTS) is 2. The summed E-state index contributed by atoms with van der Waals surface area (Å²) in [6, 6.07) is 34.8. The van der Waals surface area contributed by atoms with Crippen molar-refractivity contribution >= 4 is 162 Å². The summed E-state index contributed by atoms with van der Waals surface area (Å²) in [7, 11) is 0. The number of hydrogen-bond donors (Lipinski definition) is 7. The second-order valence-corrected chi connectivity index (χ2v) is 29.6. The molecule has 0 saturated carbocycles. The zero-order valence-electron chi connectivity index (χ0n) is 61.5. The number of nitrogens with one attached hydrogen (secondary N) is 2. The van der Waals surface area contributed by atoms with Crippen LogP contribution in [0.4, 0.5) is 27.0 Å². The van der Waals surface area contributed by atoms with Gasteiger partial charge in [-0.2, -0.15) is 10.2 Å². The van der Waals surface area contributed by atoms with Gasteiger partial charge < -0.3 is 52.4 Å². The maximum Gasteiger partial charge on any atom is 0.411 e. The number of ketones is 1. The summed E-state index contributed by atoms with van der Waals surface area (Å²) in [5, 5.41) is 32.0. The van der Waals surface area contributed by atoms with Crippen LogP contribution in [-0.2, 0) is 57.8 Å². The third-order valence-electron chi connectivity index (χ3n) is 13.6. The third-order valence-corrected chi connectivity index (χ3v) is 15.3. The molecule has 2 aromatic carbocycles. The van der Waals surface area contributed by atoms with Gasteiger partial charge in [-0.25, -0.2) is 29.5 Å². The lowest BCUT2D eigenvalue weighted by Crippen LogP contribution is -2.44. The van der Waals surface area contributed by atoms with Gasteiger partial charge in [-0.1, -0.05) is 74.5 Å². The van der Waals surface area contributed by atoms with Gasteiger partial charge in [-0.3, -0.25) is 57.5 Å². The van der Waals surface area contributed by atoms with Crippen molar-refractivity contribution < 1.29 is 67.6 Å². The number of nitrogens with two attached hydrogens (primary N) is 3. The highest BCUT2D eigenvalue weighted by Gasteiger charge is 2.29. The summed E-state index contributed by atoms with van der Waals surface area (Å²) >= 11 is 12.9. The SMILES string of the molecule is CC(C)CCC(=O)Nc1cccc(Br)n1.CC(C)N(CC(=O)Cc1cccc(Br)n1)C(=O)OC(C)(C)C.CC(C)N(CC(=O)Nc1cccc(Br)n1)C(=O)Cn1nc(C(N)=O)c2ccccc21.CC(C)N(CC(=O)O)C(=O)OC(C)(C)C.NC(=O)c1nn(CC(=O)O)c2ccccc12.Nc1cccc(Br)n1. The molecule has 0 atom stereocenters. The van der Waals surface area contributed by atoms with E-state index in [1.54, 1.807) is 146 Å². The molecule has 0 bridgehead atoms. The number of ether oxygens (including phenoxy) is 2. The van der Waals surface area contributed by atoms with Crippen LogP contribution in [0.15, 0.2) is 140 Å². The number of hydrogen-bond acceptors (Lipinski definition) is 19. The zero-order valence-corrected chi connectivity index (χ0v) is 67.8. The first-order chi connectivity index (χ1) is 49.4. The number of carboxylic acids is 2. The summed E-state index contributed by atoms with van der Waals surface area (Å²) in [4.78, 5) is 137. The molecule has 8 rings (SSSR count). The zero-order chi connectivity index (χ0) is 79.9. The van der Waals surface area contributed by atoms with Crippen LogP contribution in [0.25, 0.3) is 21.8 Å². The Kier molecular flexibility index (Phi) is 37.2. The van der Waals surface area contributed by atoms with E-state index in [2.05, 4.69) is 118 Å². The predicted octanol–water partition coefficient (Wildman–Crippen LogP) is 12.4. The molecular formula is C72H92Br4N16O14. The molecule has 0 fully saturated rings. The number of rotatable bonds is 22. The number of halogens is 4. The Morgan fingerprint density at radius 2 is 0.896 bits per heavy atom. The molecule has 10 N–H and O–H groups in total. The number of carbonyl (C=O) groups is 10. The molecule has 7 amide bonds. The molecule has 30 nitrogen and oxygen atoms in total. The maximum atomic E-state index is 13.0. The number of fused-ring (bicyclic) bond motifs is 2. The number of benzene rings is 2. The summed E-state index contributed by atoms with van der Waals surface area (Å²) in [6.07, 6.45) is 0.565. The Hall–Kier alpha value is -9.80. The summed E-state index contributed by atoms with van der Waals surface area (Å²) in [5.41, 5.74) is 16.8. The fourth-order valence-corrected chi connectivity index (χ4v) is 10.2. The lowest BCUT2D eigenvalue weighted by molar-refractivity contribution is -0.139. The topological polar surface area (TPSA) is 429 Å². The fraction of sp³-hybridized carbons (Fsp3) is 0.389. The minimum absolute atomic E-state index is 0.0147. The molecule has 106 heavy (non-hydrogen) atoms. The van der Waals surface area contributed by atoms with Gasteiger partial charge in [0.15, 0.2) is 17.2 Å². The second kappa shape index (κ2) is 43.6. The van der Waals surface area contributed by atoms with Gasteiger partial charge in [0.25, 0.3) is 11.8 Å². The molecule has 0 aliphatic heterocycles. The van der Waals surface area contributed by atoms with Crippen molar-refractivity contribution in [2.75, 3.05) is 36.0 Å². The van der Waals surface area contributed by atoms with E-state index in [1.165, 1.54) is 24.1 Å². The molecule has 0 aliphatic carbocycles. The van der Waals surface area contributed by atoms with E-state index < -0.39 is 47.1 Å². The van der Waals surface area contributed by atoms with Crippen LogP contribution < -0.4 is 27.8 Å². The average molecular weight is 1730 g/mol. The van der Waals surface area contributed by atoms with Gasteiger partial charge >= 0.3 is 24.1 Å². The van der Waals surface area contributed by atoms with Crippen molar-refractivity contribution in [3.8, 4) is 0 Å². The lowest BCUT2D eigenvalue weighted by atomic mass is 10.1. The Bertz CT molecular complexity index is 4290. The Labute approximate surface area is 648 Å². The van der Waals surface area contributed by atoms with E-state index in [4.69, 9.17) is 36.9 Å². The molecule has 0 radical (unpaired) electrons. The Morgan fingerprint density at radius 1 is 0.491 bits per heavy atom. The molecule has 6 heterocycles. The van der Waals surface area contributed by atoms with Crippen molar-refractivity contribution in [3.63, 3.8) is 0 Å². The van der Waals surface area contributed by atoms with Crippen LogP contribution in [0.2, 0.25) is 0 Å². The third kappa shape index (κ3) is 34.0. The molecule has 0 unspecified atom stereocenters. The number of amides is 7. The van der Waals surface area contributed by atoms with Crippen molar-refractivity contribution in [2.24, 2.45) is 17.4 Å². The number of primary amides is 2. The molecule has 34 heteroatoms. The van der Waals surface area contributed by atoms with Gasteiger partial charge in [-0.15, -0.1) is 0 Å². The van der Waals surface area contributed by atoms with Gasteiger partial charge in [0, 0.05) is 41.0 Å². The number of aromatic nitrogens is 8. The Morgan fingerprint density at radius 3 is 1.27 bits per heavy atom. The smallest absolute Gasteiger partial charge is 0.411 e. The van der Waals surface area contributed by atoms with E-state index in [1.807, 2.05) is 58.0 Å². The summed E-state index contributed by atoms with van der Waals surface area (Å²) in [5.74, 6) is -2.08. The van der Waals surface area contributed by atoms with Crippen molar-refractivity contribution in [1.29, 1.82) is 0 Å². The molecular weight excluding hydrogens is 1630 g/mol. The first-order valence-electron chi connectivity index (χ1n) is 33.0. The standard InChI is InChI=1S/C20H21BrN6O3.C16H23BrN2O3.C11H15BrN2O.C10H9N3O3.C10H19NO4.C5H5BrN2/c1-12(2)26(10-17(28)24-16-9-5-8-15(21)23-16)18(29)11-27-14-7-4-3-6-13(14)19(25-27)20(22)30;1-11(2)19(15(21)22-16(3,4)5)10-13(20)9-12-7-6-8-14(17)18-12;1-8(2)6-7-11(15)14-10-5-3-4-9(12)13-10;11-10(16)9-6-3-1-2-4-7(6)13(12-9)5-8(14)15;1-7(2)11(6-8(12)13)9(14)15-10(3,4)5;6-4-2-1-3-5(7)8-4/h3-9,12H,10-11H2,1-2H3,(H2,22,30)(H,23,24,28);6-8,11H,9-10H2,1-5H3;3-5,8H,6-7H2,1-2H3,(H,13,14,15);1-4H,5H2,(H2,11,16)(H,14,15);7H,6H2,1-5H3,(H,12,13);1-3H,(H2,7,8). The van der Waals surface area contributed by atoms with E-state index >= 15 is 0 Å². The van der Waals surface area contributed by atoms with Gasteiger partial charge in [-0.05, 0) is 220 Å². The van der Waals surface area contributed by atoms with Crippen molar-refractivity contribution in [1.82, 2.24) is 54.2 Å². The van der Waals surface area contributed by atoms with Crippen molar-refractivity contribution in [3.05, 3.63) is 157 Å². The lowest BCUT2D eigenvalue weighted by Gasteiger charge is -2.29. The molecule has 0 saturated heterocycles. The minimum Gasteiger partial charge on any atom is -0.480 e. The number of anilines is 3. The minimum atomic E-state index is -1.05. The van der Waals surface area contributed by atoms with Crippen LogP contribution >= 0.6 is 63.7 Å². The maximum absolute atomic E-state index is 13.0. The first-order valence-corrected chi connectivity index (χ1v) is 36.2. The van der Waals surface area contributed by atoms with E-state index in [0.717, 1.165) is 15.6 Å². The molecule has 6 aromatic heterocycles. The van der Waals surface area contributed by atoms with E-state index in [0.29, 0.717) is 66.5 Å². The van der Waals surface area contributed by atoms with Crippen LogP contribution in [-0.4, -0.2) is 173 Å². The first kappa shape index (κ1) is 90.4. The number of Topliss-reactive ketones (excluding diaryl/α,β-unsaturated/α-hetero) is 1. The normalized spacial score (nSPS) is 10.8. The number of pyridine rings is 4. The molecule has 0 aliphatic rings.